The van der Waals surface area contributed by atoms with Crippen LogP contribution in [-0.4, -0.2) is 20.4 Å². The third kappa shape index (κ3) is 4.74. The zero-order valence-electron chi connectivity index (χ0n) is 22.8. The average Bonchev–Trinajstić information content (AvgIpc) is 3.31. The summed E-state index contributed by atoms with van der Waals surface area (Å²) in [5.41, 5.74) is 12.4. The molecule has 0 aliphatic heterocycles. The summed E-state index contributed by atoms with van der Waals surface area (Å²) in [6.07, 6.45) is -0.906. The molecule has 6 aromatic rings. The fourth-order valence-electron chi connectivity index (χ4n) is 4.85. The molecule has 6 heteroatoms. The Morgan fingerprint density at radius 3 is 2.00 bits per heavy atom. The van der Waals surface area contributed by atoms with Gasteiger partial charge in [-0.2, -0.15) is 0 Å². The molecule has 1 unspecified atom stereocenters. The predicted molar refractivity (Wildman–Crippen MR) is 162 cm³/mol. The largest absolute Gasteiger partial charge is 0.457 e. The van der Waals surface area contributed by atoms with Crippen molar-refractivity contribution in [3.05, 3.63) is 115 Å². The summed E-state index contributed by atoms with van der Waals surface area (Å²) in [4.78, 5) is 9.70. The van der Waals surface area contributed by atoms with Crippen molar-refractivity contribution in [1.29, 1.82) is 5.41 Å². The van der Waals surface area contributed by atoms with E-state index in [0.29, 0.717) is 11.5 Å². The van der Waals surface area contributed by atoms with Gasteiger partial charge in [0.1, 0.15) is 5.69 Å². The van der Waals surface area contributed by atoms with Crippen LogP contribution in [0.2, 0.25) is 0 Å². The third-order valence-corrected chi connectivity index (χ3v) is 6.98. The van der Waals surface area contributed by atoms with Gasteiger partial charge in [0.2, 0.25) is 0 Å². The van der Waals surface area contributed by atoms with Crippen LogP contribution in [0.5, 0.6) is 0 Å². The number of para-hydroxylation sites is 2. The number of rotatable bonds is 5. The molecule has 4 aromatic carbocycles. The van der Waals surface area contributed by atoms with Crippen LogP contribution in [0.15, 0.2) is 109 Å². The van der Waals surface area contributed by atoms with Crippen LogP contribution in [0, 0.1) is 10.8 Å². The number of aromatic nitrogens is 3. The molecule has 2 aromatic heterocycles. The Kier molecular flexibility index (Phi) is 6.40. The lowest BCUT2D eigenvalue weighted by Gasteiger charge is -2.23. The van der Waals surface area contributed by atoms with E-state index in [0.717, 1.165) is 33.5 Å². The summed E-state index contributed by atoms with van der Waals surface area (Å²) in [6, 6.07) is 37.0. The number of hydrogen-bond acceptors (Lipinski definition) is 5. The molecule has 3 N–H and O–H groups in total. The highest BCUT2D eigenvalue weighted by Crippen LogP contribution is 2.33. The first-order valence-corrected chi connectivity index (χ1v) is 13.3. The zero-order chi connectivity index (χ0) is 27.9. The lowest BCUT2D eigenvalue weighted by atomic mass is 9.97. The molecule has 0 saturated carbocycles. The third-order valence-electron chi connectivity index (χ3n) is 6.98. The monoisotopic (exact) mass is 525 g/mol. The van der Waals surface area contributed by atoms with Crippen molar-refractivity contribution in [2.75, 3.05) is 0 Å². The average molecular weight is 526 g/mol. The number of nitrogens with one attached hydrogen (secondary N) is 1. The first-order chi connectivity index (χ1) is 19.3. The standard InChI is InChI=1S/C34H31N5O/c1-34(2,3)33(36)40-31(35)28-21-27(37-32(38-28)22-12-5-4-6-13-22)23-14-11-15-24(20-23)39-29-18-9-7-16-25(29)26-17-8-10-19-30(26)39/h4-21,31,36H,35H2,1-3H3. The van der Waals surface area contributed by atoms with E-state index in [1.54, 1.807) is 0 Å². The Morgan fingerprint density at radius 1 is 0.750 bits per heavy atom. The Labute approximate surface area is 233 Å². The minimum atomic E-state index is -0.906. The predicted octanol–water partition coefficient (Wildman–Crippen LogP) is 7.90. The Bertz CT molecular complexity index is 1800. The van der Waals surface area contributed by atoms with E-state index < -0.39 is 11.6 Å². The smallest absolute Gasteiger partial charge is 0.192 e. The molecule has 0 aliphatic rings. The summed E-state index contributed by atoms with van der Waals surface area (Å²) in [5.74, 6) is 0.659. The van der Waals surface area contributed by atoms with Crippen molar-refractivity contribution in [3.8, 4) is 28.3 Å². The highest BCUT2D eigenvalue weighted by atomic mass is 16.5. The van der Waals surface area contributed by atoms with Gasteiger partial charge in [0.25, 0.3) is 0 Å². The molecule has 0 amide bonds. The quantitative estimate of drug-likeness (QED) is 0.136. The summed E-state index contributed by atoms with van der Waals surface area (Å²) < 4.78 is 8.11. The SMILES string of the molecule is CC(C)(C)C(=N)OC(N)c1cc(-c2cccc(-n3c4ccccc4c4ccccc43)c2)nc(-c2ccccc2)n1. The summed E-state index contributed by atoms with van der Waals surface area (Å²) in [7, 11) is 0. The van der Waals surface area contributed by atoms with E-state index in [1.807, 2.05) is 69.3 Å². The summed E-state index contributed by atoms with van der Waals surface area (Å²) in [5, 5.41) is 10.8. The van der Waals surface area contributed by atoms with Crippen LogP contribution in [-0.2, 0) is 4.74 Å². The van der Waals surface area contributed by atoms with Gasteiger partial charge < -0.3 is 9.30 Å². The molecule has 40 heavy (non-hydrogen) atoms. The molecule has 0 aliphatic carbocycles. The van der Waals surface area contributed by atoms with Crippen LogP contribution in [0.4, 0.5) is 0 Å². The van der Waals surface area contributed by atoms with Gasteiger partial charge in [-0.3, -0.25) is 11.1 Å². The van der Waals surface area contributed by atoms with E-state index in [1.165, 1.54) is 10.8 Å². The van der Waals surface area contributed by atoms with Crippen molar-refractivity contribution in [2.24, 2.45) is 11.1 Å². The van der Waals surface area contributed by atoms with Crippen LogP contribution in [0.3, 0.4) is 0 Å². The molecular weight excluding hydrogens is 494 g/mol. The molecule has 0 spiro atoms. The normalized spacial score (nSPS) is 12.5. The number of hydrogen-bond donors (Lipinski definition) is 2. The minimum absolute atomic E-state index is 0.106. The van der Waals surface area contributed by atoms with Crippen molar-refractivity contribution < 1.29 is 4.74 Å². The van der Waals surface area contributed by atoms with Crippen molar-refractivity contribution in [2.45, 2.75) is 27.0 Å². The Balaban J connectivity index is 1.49. The van der Waals surface area contributed by atoms with Gasteiger partial charge in [0.15, 0.2) is 18.0 Å². The number of nitrogens with two attached hydrogens (primary N) is 1. The summed E-state index contributed by atoms with van der Waals surface area (Å²) in [6.45, 7) is 5.76. The number of benzene rings is 4. The van der Waals surface area contributed by atoms with E-state index in [-0.39, 0.29) is 5.90 Å². The van der Waals surface area contributed by atoms with Crippen LogP contribution < -0.4 is 5.73 Å². The van der Waals surface area contributed by atoms with Crippen LogP contribution in [0.1, 0.15) is 32.7 Å². The van der Waals surface area contributed by atoms with E-state index >= 15 is 0 Å². The van der Waals surface area contributed by atoms with Gasteiger partial charge >= 0.3 is 0 Å². The number of nitrogens with zero attached hydrogens (tertiary/aromatic N) is 3. The van der Waals surface area contributed by atoms with Gasteiger partial charge in [0.05, 0.1) is 16.7 Å². The maximum atomic E-state index is 8.35. The highest BCUT2D eigenvalue weighted by Gasteiger charge is 2.24. The maximum absolute atomic E-state index is 8.35. The van der Waals surface area contributed by atoms with Crippen LogP contribution in [0.25, 0.3) is 50.1 Å². The van der Waals surface area contributed by atoms with Gasteiger partial charge in [-0.25, -0.2) is 9.97 Å². The van der Waals surface area contributed by atoms with Gasteiger partial charge in [0, 0.05) is 33.0 Å². The molecule has 6 rings (SSSR count). The van der Waals surface area contributed by atoms with Crippen molar-refractivity contribution >= 4 is 27.7 Å². The first-order valence-electron chi connectivity index (χ1n) is 13.3. The number of fused-ring (bicyclic) bond motifs is 3. The van der Waals surface area contributed by atoms with E-state index in [4.69, 9.17) is 25.8 Å². The first kappa shape index (κ1) is 25.5. The molecule has 0 saturated heterocycles. The highest BCUT2D eigenvalue weighted by molar-refractivity contribution is 6.09. The molecule has 0 radical (unpaired) electrons. The second kappa shape index (κ2) is 10.1. The summed E-state index contributed by atoms with van der Waals surface area (Å²) >= 11 is 0. The second-order valence-corrected chi connectivity index (χ2v) is 10.9. The van der Waals surface area contributed by atoms with Crippen LogP contribution >= 0.6 is 0 Å². The van der Waals surface area contributed by atoms with Gasteiger partial charge in [-0.05, 0) is 30.3 Å². The fraction of sp³-hybridized carbons (Fsp3) is 0.147. The van der Waals surface area contributed by atoms with E-state index in [2.05, 4.69) is 65.2 Å². The number of ether oxygens (including phenoxy) is 1. The molecule has 6 nitrogen and oxygen atoms in total. The molecule has 0 bridgehead atoms. The molecule has 0 fully saturated rings. The Morgan fingerprint density at radius 2 is 1.35 bits per heavy atom. The molecular formula is C34H31N5O. The zero-order valence-corrected chi connectivity index (χ0v) is 22.8. The second-order valence-electron chi connectivity index (χ2n) is 10.9. The topological polar surface area (TPSA) is 89.8 Å². The fourth-order valence-corrected chi connectivity index (χ4v) is 4.85. The van der Waals surface area contributed by atoms with Crippen molar-refractivity contribution in [1.82, 2.24) is 14.5 Å². The van der Waals surface area contributed by atoms with Crippen molar-refractivity contribution in [3.63, 3.8) is 0 Å². The minimum Gasteiger partial charge on any atom is -0.457 e. The van der Waals surface area contributed by atoms with Gasteiger partial charge in [-0.1, -0.05) is 99.6 Å². The van der Waals surface area contributed by atoms with Gasteiger partial charge in [-0.15, -0.1) is 0 Å². The lowest BCUT2D eigenvalue weighted by molar-refractivity contribution is 0.166. The lowest BCUT2D eigenvalue weighted by Crippen LogP contribution is -2.28. The van der Waals surface area contributed by atoms with E-state index in [9.17, 15) is 0 Å². The molecule has 2 heterocycles. The molecule has 1 atom stereocenters. The molecule has 198 valence electrons. The Hall–Kier alpha value is -4.81. The maximum Gasteiger partial charge on any atom is 0.192 e.